The van der Waals surface area contributed by atoms with E-state index < -0.39 is 0 Å². The van der Waals surface area contributed by atoms with Crippen LogP contribution in [0.1, 0.15) is 5.56 Å². The smallest absolute Gasteiger partial charge is 0.274 e. The summed E-state index contributed by atoms with van der Waals surface area (Å²) in [7, 11) is 0. The minimum absolute atomic E-state index is 0.247. The molecule has 6 nitrogen and oxygen atoms in total. The van der Waals surface area contributed by atoms with Gasteiger partial charge in [-0.15, -0.1) is 0 Å². The number of nitrogens with one attached hydrogen (secondary N) is 1. The topological polar surface area (TPSA) is 76.2 Å². The largest absolute Gasteiger partial charge is 0.463 e. The fourth-order valence-corrected chi connectivity index (χ4v) is 3.37. The van der Waals surface area contributed by atoms with Crippen molar-refractivity contribution in [2.45, 2.75) is 10.9 Å². The minimum atomic E-state index is -0.247. The minimum Gasteiger partial charge on any atom is -0.463 e. The van der Waals surface area contributed by atoms with Crippen molar-refractivity contribution in [1.82, 2.24) is 19.6 Å². The molecule has 0 radical (unpaired) electrons. The van der Waals surface area contributed by atoms with Crippen molar-refractivity contribution in [2.24, 2.45) is 0 Å². The number of thioether (sulfide) groups is 1. The predicted molar refractivity (Wildman–Crippen MR) is 92.3 cm³/mol. The van der Waals surface area contributed by atoms with Gasteiger partial charge in [0.05, 0.1) is 6.26 Å². The average molecular weight is 359 g/mol. The highest BCUT2D eigenvalue weighted by atomic mass is 35.5. The van der Waals surface area contributed by atoms with Crippen molar-refractivity contribution in [3.63, 3.8) is 0 Å². The summed E-state index contributed by atoms with van der Waals surface area (Å²) < 4.78 is 6.59. The number of aromatic amines is 1. The zero-order chi connectivity index (χ0) is 16.5. The molecule has 0 aliphatic rings. The number of fused-ring (bicyclic) bond motifs is 1. The summed E-state index contributed by atoms with van der Waals surface area (Å²) in [5.41, 5.74) is 1.21. The first-order chi connectivity index (χ1) is 11.7. The Morgan fingerprint density at radius 1 is 1.21 bits per heavy atom. The summed E-state index contributed by atoms with van der Waals surface area (Å²) >= 11 is 7.60. The number of rotatable bonds is 4. The third-order valence-electron chi connectivity index (χ3n) is 3.41. The molecular formula is C16H11ClN4O2S. The van der Waals surface area contributed by atoms with Gasteiger partial charge >= 0.3 is 0 Å². The Labute approximate surface area is 145 Å². The van der Waals surface area contributed by atoms with Crippen LogP contribution in [-0.2, 0) is 5.75 Å². The molecule has 3 heterocycles. The van der Waals surface area contributed by atoms with E-state index in [0.29, 0.717) is 33.2 Å². The Morgan fingerprint density at radius 2 is 2.08 bits per heavy atom. The highest BCUT2D eigenvalue weighted by molar-refractivity contribution is 7.98. The quantitative estimate of drug-likeness (QED) is 0.564. The first-order valence-corrected chi connectivity index (χ1v) is 8.47. The van der Waals surface area contributed by atoms with Gasteiger partial charge in [0, 0.05) is 16.8 Å². The Balaban J connectivity index is 1.65. The normalized spacial score (nSPS) is 11.2. The van der Waals surface area contributed by atoms with Crippen LogP contribution in [0.5, 0.6) is 0 Å². The van der Waals surface area contributed by atoms with E-state index in [1.165, 1.54) is 28.6 Å². The summed E-state index contributed by atoms with van der Waals surface area (Å²) in [5.74, 6) is 1.47. The Morgan fingerprint density at radius 3 is 2.88 bits per heavy atom. The number of furan rings is 1. The van der Waals surface area contributed by atoms with Crippen LogP contribution in [-0.4, -0.2) is 19.6 Å². The molecule has 8 heteroatoms. The van der Waals surface area contributed by atoms with Crippen LogP contribution in [0.2, 0.25) is 5.02 Å². The molecule has 0 bridgehead atoms. The van der Waals surface area contributed by atoms with Crippen molar-refractivity contribution in [1.29, 1.82) is 0 Å². The lowest BCUT2D eigenvalue weighted by atomic mass is 10.2. The maximum Gasteiger partial charge on any atom is 0.274 e. The van der Waals surface area contributed by atoms with Crippen molar-refractivity contribution in [2.75, 3.05) is 0 Å². The number of hydrogen-bond acceptors (Lipinski definition) is 5. The molecule has 0 saturated carbocycles. The number of aromatic nitrogens is 4. The predicted octanol–water partition coefficient (Wildman–Crippen LogP) is 3.62. The number of hydrogen-bond donors (Lipinski definition) is 1. The SMILES string of the molecule is O=c1cc(-c2ccco2)nc2nc(SCc3ccccc3Cl)[nH]n12. The molecule has 0 spiro atoms. The lowest BCUT2D eigenvalue weighted by molar-refractivity contribution is 0.579. The van der Waals surface area contributed by atoms with E-state index in [4.69, 9.17) is 16.0 Å². The molecule has 0 aliphatic heterocycles. The number of halogens is 1. The van der Waals surface area contributed by atoms with E-state index in [2.05, 4.69) is 15.1 Å². The first-order valence-electron chi connectivity index (χ1n) is 7.10. The van der Waals surface area contributed by atoms with E-state index in [1.807, 2.05) is 24.3 Å². The second-order valence-electron chi connectivity index (χ2n) is 5.00. The van der Waals surface area contributed by atoms with Crippen molar-refractivity contribution in [3.8, 4) is 11.5 Å². The highest BCUT2D eigenvalue weighted by Gasteiger charge is 2.11. The van der Waals surface area contributed by atoms with Gasteiger partial charge in [0.2, 0.25) is 0 Å². The summed E-state index contributed by atoms with van der Waals surface area (Å²) in [6, 6.07) is 12.5. The number of H-pyrrole nitrogens is 1. The fourth-order valence-electron chi connectivity index (χ4n) is 2.24. The van der Waals surface area contributed by atoms with E-state index in [-0.39, 0.29) is 5.56 Å². The van der Waals surface area contributed by atoms with Crippen LogP contribution in [0.3, 0.4) is 0 Å². The average Bonchev–Trinajstić information content (AvgIpc) is 3.23. The van der Waals surface area contributed by atoms with Crippen molar-refractivity contribution >= 4 is 29.1 Å². The highest BCUT2D eigenvalue weighted by Crippen LogP contribution is 2.24. The molecular weight excluding hydrogens is 348 g/mol. The number of nitrogens with zero attached hydrogens (tertiary/aromatic N) is 3. The zero-order valence-corrected chi connectivity index (χ0v) is 13.8. The van der Waals surface area contributed by atoms with Crippen LogP contribution < -0.4 is 5.56 Å². The standard InChI is InChI=1S/C16H11ClN4O2S/c17-11-5-2-1-4-10(11)9-24-16-19-15-18-12(13-6-3-7-23-13)8-14(22)21(15)20-16/h1-8H,9H2,(H,18,19,20). The van der Waals surface area contributed by atoms with Crippen LogP contribution in [0, 0.1) is 0 Å². The van der Waals surface area contributed by atoms with Crippen LogP contribution in [0.4, 0.5) is 0 Å². The molecule has 120 valence electrons. The Hall–Kier alpha value is -2.51. The van der Waals surface area contributed by atoms with Gasteiger partial charge in [0.25, 0.3) is 11.3 Å². The third-order valence-corrected chi connectivity index (χ3v) is 4.69. The zero-order valence-electron chi connectivity index (χ0n) is 12.3. The molecule has 4 rings (SSSR count). The maximum atomic E-state index is 12.2. The van der Waals surface area contributed by atoms with Gasteiger partial charge in [-0.05, 0) is 23.8 Å². The van der Waals surface area contributed by atoms with Crippen LogP contribution >= 0.6 is 23.4 Å². The third kappa shape index (κ3) is 2.83. The van der Waals surface area contributed by atoms with Gasteiger partial charge in [0.1, 0.15) is 5.69 Å². The molecule has 0 saturated heterocycles. The van der Waals surface area contributed by atoms with E-state index >= 15 is 0 Å². The summed E-state index contributed by atoms with van der Waals surface area (Å²) in [5, 5.41) is 4.24. The lowest BCUT2D eigenvalue weighted by Gasteiger charge is -2.00. The van der Waals surface area contributed by atoms with Gasteiger partial charge < -0.3 is 4.42 Å². The first kappa shape index (κ1) is 15.0. The van der Waals surface area contributed by atoms with Gasteiger partial charge in [-0.2, -0.15) is 9.50 Å². The molecule has 1 aromatic carbocycles. The van der Waals surface area contributed by atoms with E-state index in [9.17, 15) is 4.79 Å². The van der Waals surface area contributed by atoms with Crippen molar-refractivity contribution in [3.05, 3.63) is 69.7 Å². The molecule has 0 aliphatic carbocycles. The Kier molecular flexibility index (Phi) is 3.87. The van der Waals surface area contributed by atoms with E-state index in [0.717, 1.165) is 5.56 Å². The molecule has 24 heavy (non-hydrogen) atoms. The fraction of sp³-hybridized carbons (Fsp3) is 0.0625. The molecule has 0 amide bonds. The van der Waals surface area contributed by atoms with Crippen LogP contribution in [0.25, 0.3) is 17.2 Å². The summed E-state index contributed by atoms with van der Waals surface area (Å²) in [6.07, 6.45) is 1.54. The molecule has 0 fully saturated rings. The molecule has 3 aromatic heterocycles. The summed E-state index contributed by atoms with van der Waals surface area (Å²) in [6.45, 7) is 0. The van der Waals surface area contributed by atoms with Gasteiger partial charge in [0.15, 0.2) is 10.9 Å². The molecule has 0 unspecified atom stereocenters. The molecule has 4 aromatic rings. The second-order valence-corrected chi connectivity index (χ2v) is 6.37. The number of benzene rings is 1. The lowest BCUT2D eigenvalue weighted by Crippen LogP contribution is -2.14. The maximum absolute atomic E-state index is 12.2. The molecule has 1 N–H and O–H groups in total. The monoisotopic (exact) mass is 358 g/mol. The second kappa shape index (κ2) is 6.18. The molecule has 0 atom stereocenters. The van der Waals surface area contributed by atoms with Crippen molar-refractivity contribution < 1.29 is 4.42 Å². The van der Waals surface area contributed by atoms with E-state index in [1.54, 1.807) is 12.1 Å². The Bertz CT molecular complexity index is 1060. The summed E-state index contributed by atoms with van der Waals surface area (Å²) in [4.78, 5) is 20.9. The van der Waals surface area contributed by atoms with Gasteiger partial charge in [-0.1, -0.05) is 41.6 Å². The van der Waals surface area contributed by atoms with Gasteiger partial charge in [-0.25, -0.2) is 4.98 Å². The van der Waals surface area contributed by atoms with Gasteiger partial charge in [-0.3, -0.25) is 9.89 Å². The van der Waals surface area contributed by atoms with Crippen LogP contribution in [0.15, 0.2) is 63.1 Å².